The molecule has 0 saturated heterocycles. The van der Waals surface area contributed by atoms with E-state index in [4.69, 9.17) is 21.1 Å². The Morgan fingerprint density at radius 3 is 2.68 bits per heavy atom. The average molecular weight is 458 g/mol. The van der Waals surface area contributed by atoms with E-state index in [-0.39, 0.29) is 24.8 Å². The maximum atomic E-state index is 12.1. The molecule has 0 aliphatic rings. The molecule has 0 saturated carbocycles. The van der Waals surface area contributed by atoms with E-state index in [2.05, 4.69) is 15.8 Å². The van der Waals surface area contributed by atoms with Crippen LogP contribution in [-0.2, 0) is 16.0 Å². The maximum Gasteiger partial charge on any atom is 0.262 e. The molecule has 31 heavy (non-hydrogen) atoms. The lowest BCUT2D eigenvalue weighted by Gasteiger charge is -2.12. The van der Waals surface area contributed by atoms with Gasteiger partial charge in [0, 0.05) is 4.88 Å². The lowest BCUT2D eigenvalue weighted by Crippen LogP contribution is -2.20. The molecule has 0 fully saturated rings. The third-order valence-corrected chi connectivity index (χ3v) is 5.22. The minimum atomic E-state index is -0.353. The zero-order valence-corrected chi connectivity index (χ0v) is 18.2. The standard InChI is InChI=1S/C22H20ClN3O4S/c1-29-20-11-15(13-24-26-21(27)12-16-5-4-10-31-16)8-9-19(20)30-14-22(28)25-18-7-3-2-6-17(18)23/h2-11,13H,12,14H2,1H3,(H,25,28)(H,26,27)/b24-13+. The third-order valence-electron chi connectivity index (χ3n) is 4.01. The molecule has 1 aromatic heterocycles. The summed E-state index contributed by atoms with van der Waals surface area (Å²) in [4.78, 5) is 25.0. The van der Waals surface area contributed by atoms with Gasteiger partial charge in [-0.2, -0.15) is 5.10 Å². The van der Waals surface area contributed by atoms with Crippen molar-refractivity contribution in [3.63, 3.8) is 0 Å². The van der Waals surface area contributed by atoms with Crippen LogP contribution in [0.4, 0.5) is 5.69 Å². The van der Waals surface area contributed by atoms with E-state index in [0.29, 0.717) is 27.8 Å². The van der Waals surface area contributed by atoms with Crippen LogP contribution in [-0.4, -0.2) is 31.7 Å². The van der Waals surface area contributed by atoms with Crippen LogP contribution in [0.15, 0.2) is 65.1 Å². The topological polar surface area (TPSA) is 89.0 Å². The van der Waals surface area contributed by atoms with Crippen molar-refractivity contribution in [3.8, 4) is 11.5 Å². The summed E-state index contributed by atoms with van der Waals surface area (Å²) in [7, 11) is 1.50. The highest BCUT2D eigenvalue weighted by atomic mass is 35.5. The molecule has 2 N–H and O–H groups in total. The van der Waals surface area contributed by atoms with Crippen molar-refractivity contribution in [1.29, 1.82) is 0 Å². The van der Waals surface area contributed by atoms with Crippen LogP contribution >= 0.6 is 22.9 Å². The van der Waals surface area contributed by atoms with Crippen LogP contribution in [0.1, 0.15) is 10.4 Å². The maximum absolute atomic E-state index is 12.1. The number of nitrogens with zero attached hydrogens (tertiary/aromatic N) is 1. The molecule has 2 aromatic carbocycles. The summed E-state index contributed by atoms with van der Waals surface area (Å²) in [5.41, 5.74) is 3.70. The highest BCUT2D eigenvalue weighted by Gasteiger charge is 2.10. The van der Waals surface area contributed by atoms with Gasteiger partial charge in [-0.05, 0) is 47.3 Å². The fraction of sp³-hybridized carbons (Fsp3) is 0.136. The number of thiophene rings is 1. The predicted octanol–water partition coefficient (Wildman–Crippen LogP) is 4.12. The fourth-order valence-electron chi connectivity index (χ4n) is 2.57. The van der Waals surface area contributed by atoms with Gasteiger partial charge in [0.2, 0.25) is 5.91 Å². The normalized spacial score (nSPS) is 10.6. The van der Waals surface area contributed by atoms with E-state index in [1.54, 1.807) is 42.5 Å². The van der Waals surface area contributed by atoms with Gasteiger partial charge in [0.15, 0.2) is 18.1 Å². The SMILES string of the molecule is COc1cc(/C=N/NC(=O)Cc2cccs2)ccc1OCC(=O)Nc1ccccc1Cl. The molecule has 0 unspecified atom stereocenters. The number of nitrogens with one attached hydrogen (secondary N) is 2. The van der Waals surface area contributed by atoms with Crippen molar-refractivity contribution in [2.75, 3.05) is 19.0 Å². The number of hydrazone groups is 1. The first-order valence-electron chi connectivity index (χ1n) is 9.24. The summed E-state index contributed by atoms with van der Waals surface area (Å²) >= 11 is 7.55. The summed E-state index contributed by atoms with van der Waals surface area (Å²) < 4.78 is 10.9. The van der Waals surface area contributed by atoms with Crippen LogP contribution < -0.4 is 20.2 Å². The Morgan fingerprint density at radius 1 is 1.10 bits per heavy atom. The Balaban J connectivity index is 1.53. The van der Waals surface area contributed by atoms with Gasteiger partial charge >= 0.3 is 0 Å². The Kier molecular flexibility index (Phi) is 8.03. The largest absolute Gasteiger partial charge is 0.493 e. The molecule has 0 atom stereocenters. The molecule has 0 bridgehead atoms. The first kappa shape index (κ1) is 22.3. The van der Waals surface area contributed by atoms with Gasteiger partial charge in [-0.25, -0.2) is 5.43 Å². The van der Waals surface area contributed by atoms with E-state index in [1.807, 2.05) is 17.5 Å². The molecular formula is C22H20ClN3O4S. The molecule has 0 radical (unpaired) electrons. The van der Waals surface area contributed by atoms with Crippen LogP contribution in [0.5, 0.6) is 11.5 Å². The predicted molar refractivity (Wildman–Crippen MR) is 122 cm³/mol. The molecule has 0 spiro atoms. The number of ether oxygens (including phenoxy) is 2. The molecule has 9 heteroatoms. The summed E-state index contributed by atoms with van der Waals surface area (Å²) in [6.07, 6.45) is 1.78. The first-order valence-corrected chi connectivity index (χ1v) is 10.5. The smallest absolute Gasteiger partial charge is 0.262 e. The fourth-order valence-corrected chi connectivity index (χ4v) is 3.45. The first-order chi connectivity index (χ1) is 15.0. The summed E-state index contributed by atoms with van der Waals surface area (Å²) in [6, 6.07) is 15.8. The quantitative estimate of drug-likeness (QED) is 0.373. The number of benzene rings is 2. The minimum absolute atomic E-state index is 0.199. The number of rotatable bonds is 9. The number of carbonyl (C=O) groups excluding carboxylic acids is 2. The van der Waals surface area contributed by atoms with Gasteiger partial charge in [0.1, 0.15) is 0 Å². The highest BCUT2D eigenvalue weighted by Crippen LogP contribution is 2.27. The number of carbonyl (C=O) groups is 2. The zero-order chi connectivity index (χ0) is 22.1. The van der Waals surface area contributed by atoms with E-state index in [9.17, 15) is 9.59 Å². The van der Waals surface area contributed by atoms with Gasteiger partial charge in [0.05, 0.1) is 30.5 Å². The van der Waals surface area contributed by atoms with Crippen molar-refractivity contribution in [3.05, 3.63) is 75.4 Å². The van der Waals surface area contributed by atoms with Crippen molar-refractivity contribution in [1.82, 2.24) is 5.43 Å². The van der Waals surface area contributed by atoms with Crippen LogP contribution in [0, 0.1) is 0 Å². The Labute approximate surface area is 188 Å². The van der Waals surface area contributed by atoms with E-state index < -0.39 is 0 Å². The number of halogens is 1. The molecule has 0 aliphatic heterocycles. The third kappa shape index (κ3) is 6.84. The van der Waals surface area contributed by atoms with Gasteiger partial charge in [-0.1, -0.05) is 29.8 Å². The molecule has 1 heterocycles. The van der Waals surface area contributed by atoms with Gasteiger partial charge in [-0.15, -0.1) is 11.3 Å². The van der Waals surface area contributed by atoms with Crippen LogP contribution in [0.2, 0.25) is 5.02 Å². The number of hydrogen-bond acceptors (Lipinski definition) is 6. The van der Waals surface area contributed by atoms with Crippen LogP contribution in [0.3, 0.4) is 0 Å². The number of methoxy groups -OCH3 is 1. The second-order valence-corrected chi connectivity index (χ2v) is 7.72. The highest BCUT2D eigenvalue weighted by molar-refractivity contribution is 7.10. The zero-order valence-electron chi connectivity index (χ0n) is 16.6. The van der Waals surface area contributed by atoms with Gasteiger partial charge in [-0.3, -0.25) is 9.59 Å². The molecule has 7 nitrogen and oxygen atoms in total. The molecule has 0 aliphatic carbocycles. The number of para-hydroxylation sites is 1. The second-order valence-electron chi connectivity index (χ2n) is 6.28. The number of amides is 2. The summed E-state index contributed by atoms with van der Waals surface area (Å²) in [5, 5.41) is 9.01. The lowest BCUT2D eigenvalue weighted by molar-refractivity contribution is -0.120. The van der Waals surface area contributed by atoms with Gasteiger partial charge < -0.3 is 14.8 Å². The molecule has 2 amide bonds. The van der Waals surface area contributed by atoms with Crippen molar-refractivity contribution < 1.29 is 19.1 Å². The number of hydrogen-bond donors (Lipinski definition) is 2. The Bertz CT molecular complexity index is 1070. The minimum Gasteiger partial charge on any atom is -0.493 e. The molecule has 3 aromatic rings. The Hall–Kier alpha value is -3.36. The van der Waals surface area contributed by atoms with Crippen molar-refractivity contribution in [2.45, 2.75) is 6.42 Å². The molecule has 3 rings (SSSR count). The summed E-state index contributed by atoms with van der Waals surface area (Å²) in [5.74, 6) is 0.277. The van der Waals surface area contributed by atoms with E-state index in [0.717, 1.165) is 4.88 Å². The molecule has 160 valence electrons. The Morgan fingerprint density at radius 2 is 1.94 bits per heavy atom. The van der Waals surface area contributed by atoms with Gasteiger partial charge in [0.25, 0.3) is 5.91 Å². The second kappa shape index (κ2) is 11.1. The monoisotopic (exact) mass is 457 g/mol. The molecular weight excluding hydrogens is 438 g/mol. The van der Waals surface area contributed by atoms with Crippen molar-refractivity contribution >= 4 is 46.7 Å². The lowest BCUT2D eigenvalue weighted by atomic mass is 10.2. The van der Waals surface area contributed by atoms with E-state index >= 15 is 0 Å². The van der Waals surface area contributed by atoms with Crippen LogP contribution in [0.25, 0.3) is 0 Å². The van der Waals surface area contributed by atoms with E-state index in [1.165, 1.54) is 24.7 Å². The average Bonchev–Trinajstić information content (AvgIpc) is 3.27. The van der Waals surface area contributed by atoms with Crippen molar-refractivity contribution in [2.24, 2.45) is 5.10 Å². The number of anilines is 1. The summed E-state index contributed by atoms with van der Waals surface area (Å²) in [6.45, 7) is -0.214.